The first-order valence-corrected chi connectivity index (χ1v) is 3.26. The number of hydrogen-bond donors (Lipinski definition) is 0. The summed E-state index contributed by atoms with van der Waals surface area (Å²) in [6.07, 6.45) is 0. The Hall–Kier alpha value is -0.930. The molecule has 0 fully saturated rings. The minimum Gasteiger partial charge on any atom is -0.204 e. The van der Waals surface area contributed by atoms with Crippen LogP contribution >= 0.6 is 0 Å². The van der Waals surface area contributed by atoms with Crippen molar-refractivity contribution in [3.63, 3.8) is 0 Å². The highest BCUT2D eigenvalue weighted by Gasteiger charge is 2.19. The molecule has 0 unspecified atom stereocenters. The number of halogens is 4. The first kappa shape index (κ1) is 9.16. The van der Waals surface area contributed by atoms with Crippen molar-refractivity contribution in [1.29, 1.82) is 0 Å². The molecule has 0 spiro atoms. The zero-order valence-electron chi connectivity index (χ0n) is 6.51. The Balaban J connectivity index is 3.60. The molecular weight excluding hydrogens is 170 g/mol. The first-order valence-electron chi connectivity index (χ1n) is 3.26. The molecule has 0 atom stereocenters. The van der Waals surface area contributed by atoms with Crippen molar-refractivity contribution in [1.82, 2.24) is 0 Å². The fourth-order valence-corrected chi connectivity index (χ4v) is 0.851. The lowest BCUT2D eigenvalue weighted by molar-refractivity contribution is 0.416. The summed E-state index contributed by atoms with van der Waals surface area (Å²) in [5.41, 5.74) is -0.405. The summed E-state index contributed by atoms with van der Waals surface area (Å²) in [5.74, 6) is -6.16. The Kier molecular flexibility index (Phi) is 2.17. The van der Waals surface area contributed by atoms with E-state index in [0.29, 0.717) is 0 Å². The highest BCUT2D eigenvalue weighted by molar-refractivity contribution is 6.48. The zero-order chi connectivity index (χ0) is 9.46. The summed E-state index contributed by atoms with van der Waals surface area (Å²) in [7, 11) is 2.38. The van der Waals surface area contributed by atoms with Gasteiger partial charge in [-0.25, -0.2) is 17.6 Å². The fourth-order valence-electron chi connectivity index (χ4n) is 0.851. The highest BCUT2D eigenvalue weighted by Crippen LogP contribution is 2.09. The van der Waals surface area contributed by atoms with Crippen molar-refractivity contribution < 1.29 is 17.6 Å². The largest absolute Gasteiger partial charge is 0.204 e. The molecule has 0 bridgehead atoms. The maximum absolute atomic E-state index is 12.7. The van der Waals surface area contributed by atoms with E-state index in [1.807, 2.05) is 0 Å². The molecule has 0 saturated heterocycles. The van der Waals surface area contributed by atoms with Crippen molar-refractivity contribution in [3.8, 4) is 0 Å². The molecule has 0 nitrogen and oxygen atoms in total. The fraction of sp³-hybridized carbons (Fsp3) is 0. The van der Waals surface area contributed by atoms with E-state index in [1.165, 1.54) is 15.7 Å². The van der Waals surface area contributed by atoms with Gasteiger partial charge in [0.2, 0.25) is 0 Å². The Bertz CT molecular complexity index is 232. The van der Waals surface area contributed by atoms with Crippen LogP contribution in [0.25, 0.3) is 0 Å². The highest BCUT2D eigenvalue weighted by atomic mass is 19.2. The second-order valence-corrected chi connectivity index (χ2v) is 2.51. The van der Waals surface area contributed by atoms with Gasteiger partial charge in [-0.1, -0.05) is 10.9 Å². The van der Waals surface area contributed by atoms with Crippen LogP contribution < -0.4 is 10.9 Å². The molecule has 6 heteroatoms. The van der Waals surface area contributed by atoms with Gasteiger partial charge >= 0.3 is 0 Å². The van der Waals surface area contributed by atoms with Crippen LogP contribution in [0.1, 0.15) is 0 Å². The predicted molar refractivity (Wildman–Crippen MR) is 42.6 cm³/mol. The lowest BCUT2D eigenvalue weighted by atomic mass is 9.79. The summed E-state index contributed by atoms with van der Waals surface area (Å²) in [6, 6.07) is 0. The molecule has 0 aliphatic carbocycles. The summed E-state index contributed by atoms with van der Waals surface area (Å²) >= 11 is 0. The normalized spacial score (nSPS) is 10.3. The number of benzene rings is 1. The van der Waals surface area contributed by atoms with Crippen LogP contribution in [0.4, 0.5) is 17.6 Å². The smallest absolute Gasteiger partial charge is 0.196 e. The number of hydrogen-bond acceptors (Lipinski definition) is 0. The van der Waals surface area contributed by atoms with E-state index in [0.717, 1.165) is 0 Å². The molecule has 62 valence electrons. The van der Waals surface area contributed by atoms with Gasteiger partial charge in [0.1, 0.15) is 15.7 Å². The molecule has 1 aromatic carbocycles. The molecule has 0 radical (unpaired) electrons. The molecule has 1 aromatic rings. The van der Waals surface area contributed by atoms with Crippen LogP contribution in [0.3, 0.4) is 0 Å². The summed E-state index contributed by atoms with van der Waals surface area (Å²) < 4.78 is 50.2. The van der Waals surface area contributed by atoms with E-state index in [-0.39, 0.29) is 10.9 Å². The second-order valence-electron chi connectivity index (χ2n) is 2.51. The SMILES string of the molecule is Bc1c(B)c(F)c(F)c(F)c1F. The molecule has 0 aromatic heterocycles. The Morgan fingerprint density at radius 1 is 0.583 bits per heavy atom. The van der Waals surface area contributed by atoms with Crippen LogP contribution in [-0.2, 0) is 0 Å². The molecule has 0 amide bonds. The van der Waals surface area contributed by atoms with Crippen molar-refractivity contribution in [2.75, 3.05) is 0 Å². The minimum absolute atomic E-state index is 0.202. The molecule has 12 heavy (non-hydrogen) atoms. The quantitative estimate of drug-likeness (QED) is 0.199. The average molecular weight is 174 g/mol. The van der Waals surface area contributed by atoms with Gasteiger partial charge in [-0.3, -0.25) is 0 Å². The van der Waals surface area contributed by atoms with Gasteiger partial charge < -0.3 is 0 Å². The third-order valence-corrected chi connectivity index (χ3v) is 1.80. The van der Waals surface area contributed by atoms with Crippen molar-refractivity contribution in [2.24, 2.45) is 0 Å². The molecule has 0 aliphatic rings. The lowest BCUT2D eigenvalue weighted by Gasteiger charge is -2.05. The predicted octanol–water partition coefficient (Wildman–Crippen LogP) is -1.24. The third-order valence-electron chi connectivity index (χ3n) is 1.80. The summed E-state index contributed by atoms with van der Waals surface area (Å²) in [6.45, 7) is 0. The van der Waals surface area contributed by atoms with Gasteiger partial charge in [-0.05, 0) is 0 Å². The van der Waals surface area contributed by atoms with Crippen LogP contribution in [0.5, 0.6) is 0 Å². The molecule has 0 heterocycles. The summed E-state index contributed by atoms with van der Waals surface area (Å²) in [4.78, 5) is 0. The Morgan fingerprint density at radius 2 is 0.833 bits per heavy atom. The van der Waals surface area contributed by atoms with E-state index in [9.17, 15) is 17.6 Å². The number of rotatable bonds is 0. The van der Waals surface area contributed by atoms with Crippen LogP contribution in [0, 0.1) is 23.3 Å². The van der Waals surface area contributed by atoms with E-state index < -0.39 is 23.3 Å². The standard InChI is InChI=1S/C6H4B2F4/c7-1-2(8)4(10)6(12)5(11)3(1)9/h7-8H2. The van der Waals surface area contributed by atoms with E-state index in [4.69, 9.17) is 0 Å². The van der Waals surface area contributed by atoms with E-state index in [2.05, 4.69) is 0 Å². The lowest BCUT2D eigenvalue weighted by Crippen LogP contribution is -2.34. The van der Waals surface area contributed by atoms with Gasteiger partial charge in [-0.2, -0.15) is 0 Å². The maximum atomic E-state index is 12.7. The average Bonchev–Trinajstić information content (AvgIpc) is 2.08. The zero-order valence-corrected chi connectivity index (χ0v) is 6.51. The Morgan fingerprint density at radius 3 is 1.08 bits per heavy atom. The topological polar surface area (TPSA) is 0 Å². The molecule has 0 saturated carbocycles. The van der Waals surface area contributed by atoms with Gasteiger partial charge in [0.15, 0.2) is 23.3 Å². The van der Waals surface area contributed by atoms with Gasteiger partial charge in [0, 0.05) is 0 Å². The van der Waals surface area contributed by atoms with Crippen LogP contribution in [0.2, 0.25) is 0 Å². The molecule has 0 N–H and O–H groups in total. The summed E-state index contributed by atoms with van der Waals surface area (Å²) in [5, 5.41) is 0. The first-order chi connectivity index (χ1) is 5.46. The maximum Gasteiger partial charge on any atom is 0.196 e. The van der Waals surface area contributed by atoms with Crippen molar-refractivity contribution in [2.45, 2.75) is 0 Å². The molecule has 1 rings (SSSR count). The van der Waals surface area contributed by atoms with Crippen molar-refractivity contribution >= 4 is 26.6 Å². The second kappa shape index (κ2) is 2.84. The monoisotopic (exact) mass is 174 g/mol. The van der Waals surface area contributed by atoms with E-state index in [1.54, 1.807) is 0 Å². The van der Waals surface area contributed by atoms with Gasteiger partial charge in [0.25, 0.3) is 0 Å². The molecular formula is C6H4B2F4. The Labute approximate surface area is 68.4 Å². The van der Waals surface area contributed by atoms with Gasteiger partial charge in [-0.15, -0.1) is 0 Å². The van der Waals surface area contributed by atoms with Crippen LogP contribution in [-0.4, -0.2) is 15.7 Å². The van der Waals surface area contributed by atoms with E-state index >= 15 is 0 Å². The minimum atomic E-state index is -1.75. The van der Waals surface area contributed by atoms with Gasteiger partial charge in [0.05, 0.1) is 0 Å². The van der Waals surface area contributed by atoms with Crippen molar-refractivity contribution in [3.05, 3.63) is 23.3 Å². The molecule has 0 aliphatic heterocycles. The van der Waals surface area contributed by atoms with Crippen LogP contribution in [0.15, 0.2) is 0 Å². The third kappa shape index (κ3) is 1.11.